The van der Waals surface area contributed by atoms with Crippen molar-refractivity contribution in [1.29, 1.82) is 5.26 Å². The van der Waals surface area contributed by atoms with E-state index in [0.29, 0.717) is 38.9 Å². The van der Waals surface area contributed by atoms with E-state index in [2.05, 4.69) is 54.7 Å². The van der Waals surface area contributed by atoms with Crippen molar-refractivity contribution in [2.24, 2.45) is 16.2 Å². The summed E-state index contributed by atoms with van der Waals surface area (Å²) in [5.74, 6) is -2.04. The highest BCUT2D eigenvalue weighted by Crippen LogP contribution is 2.55. The van der Waals surface area contributed by atoms with E-state index in [1.54, 1.807) is 42.5 Å². The number of nitrogens with zero attached hydrogens (tertiary/aromatic N) is 3. The number of carbonyl (C=O) groups is 5. The number of carbonyl (C=O) groups excluding carboxylic acids is 4. The minimum Gasteiger partial charge on any atom is -0.489 e. The van der Waals surface area contributed by atoms with Gasteiger partial charge in [-0.3, -0.25) is 19.2 Å². The summed E-state index contributed by atoms with van der Waals surface area (Å²) < 4.78 is 12.0. The lowest BCUT2D eigenvalue weighted by Gasteiger charge is -2.63. The van der Waals surface area contributed by atoms with Crippen molar-refractivity contribution in [2.75, 3.05) is 19.8 Å². The molecule has 1 saturated carbocycles. The van der Waals surface area contributed by atoms with E-state index >= 15 is 0 Å². The minimum absolute atomic E-state index is 0.0249. The molecule has 69 heavy (non-hydrogen) atoms. The van der Waals surface area contributed by atoms with Gasteiger partial charge in [0, 0.05) is 54.6 Å². The standard InChI is InChI=1S/C52H63ClN6O9S/c1-50(2,3)43(46(64)59-28-36(60)24-39(59)45(63)55-27-32-15-17-33(18-16-32)42-41(47(65)66)56-30-69-42)57-40(61)29-67-23-11-9-8-10-12-31-13-19-34(20-14-31)44(62)58-48-51(4,5)49(52(48,6)7)68-37-22-21-35(26-54)38(53)25-37/h13-22,25,30,36,39,43,48-49,60H,8-12,23-24,27-29H2,1-7H3,(H,55,63)(H,57,61)(H,58,62)(H,65,66)/t36-,39+,43-,48?,49?/m1/s1. The van der Waals surface area contributed by atoms with Gasteiger partial charge in [-0.15, -0.1) is 11.3 Å². The first-order valence-electron chi connectivity index (χ1n) is 23.3. The number of aromatic nitrogens is 1. The molecule has 0 spiro atoms. The Morgan fingerprint density at radius 3 is 2.26 bits per heavy atom. The van der Waals surface area contributed by atoms with E-state index in [-0.39, 0.29) is 60.7 Å². The molecule has 3 aromatic carbocycles. The first-order chi connectivity index (χ1) is 32.6. The molecule has 368 valence electrons. The average molecular weight is 984 g/mol. The van der Waals surface area contributed by atoms with Crippen LogP contribution >= 0.6 is 22.9 Å². The van der Waals surface area contributed by atoms with Crippen LogP contribution in [0.1, 0.15) is 118 Å². The second kappa shape index (κ2) is 22.3. The van der Waals surface area contributed by atoms with Crippen LogP contribution in [0.3, 0.4) is 0 Å². The number of nitriles is 1. The molecule has 2 aliphatic rings. The third-order valence-corrected chi connectivity index (χ3v) is 14.3. The van der Waals surface area contributed by atoms with Gasteiger partial charge in [0.2, 0.25) is 17.7 Å². The Morgan fingerprint density at radius 2 is 1.62 bits per heavy atom. The van der Waals surface area contributed by atoms with Gasteiger partial charge in [0.1, 0.15) is 36.6 Å². The largest absolute Gasteiger partial charge is 0.489 e. The van der Waals surface area contributed by atoms with E-state index in [4.69, 9.17) is 21.1 Å². The number of halogens is 1. The summed E-state index contributed by atoms with van der Waals surface area (Å²) >= 11 is 7.46. The molecule has 1 aliphatic heterocycles. The minimum atomic E-state index is -1.11. The first kappa shape index (κ1) is 52.5. The average Bonchev–Trinajstić information content (AvgIpc) is 3.96. The number of aliphatic hydroxyl groups is 1. The SMILES string of the molecule is CC1(C)C(NC(=O)c2ccc(CCCCCCOCC(=O)N[C@H](C(=O)N3C[C@H](O)C[C@H]3C(=O)NCc3ccc(-c4scnc4C(=O)O)cc3)C(C)(C)C)cc2)C(C)(C)C1Oc1ccc(C#N)c(Cl)c1. The van der Waals surface area contributed by atoms with E-state index in [1.807, 2.05) is 45.0 Å². The molecular formula is C52H63ClN6O9S. The molecular weight excluding hydrogens is 920 g/mol. The maximum absolute atomic E-state index is 14.0. The number of ether oxygens (including phenoxy) is 2. The number of rotatable bonds is 20. The van der Waals surface area contributed by atoms with Crippen LogP contribution in [0.5, 0.6) is 5.75 Å². The Balaban J connectivity index is 0.882. The molecule has 0 bridgehead atoms. The quantitative estimate of drug-likeness (QED) is 0.0544. The summed E-state index contributed by atoms with van der Waals surface area (Å²) in [7, 11) is 0. The van der Waals surface area contributed by atoms with E-state index in [0.717, 1.165) is 43.2 Å². The fourth-order valence-electron chi connectivity index (χ4n) is 9.69. The molecule has 5 N–H and O–H groups in total. The Kier molecular flexibility index (Phi) is 16.9. The van der Waals surface area contributed by atoms with Crippen molar-refractivity contribution in [3.63, 3.8) is 0 Å². The van der Waals surface area contributed by atoms with Crippen LogP contribution in [0.25, 0.3) is 10.4 Å². The highest BCUT2D eigenvalue weighted by molar-refractivity contribution is 7.13. The molecule has 4 aromatic rings. The highest BCUT2D eigenvalue weighted by atomic mass is 35.5. The summed E-state index contributed by atoms with van der Waals surface area (Å²) in [6.07, 6.45) is 3.33. The van der Waals surface area contributed by atoms with Crippen molar-refractivity contribution in [2.45, 2.75) is 124 Å². The normalized spacial score (nSPS) is 19.7. The highest BCUT2D eigenvalue weighted by Gasteiger charge is 2.64. The molecule has 0 radical (unpaired) electrons. The second-order valence-electron chi connectivity index (χ2n) is 20.2. The number of carboxylic acid groups (broad SMARTS) is 1. The Labute approximate surface area is 412 Å². The number of likely N-dealkylation sites (tertiary alicyclic amines) is 1. The van der Waals surface area contributed by atoms with Gasteiger partial charge in [-0.1, -0.05) is 109 Å². The number of thiazole rings is 1. The smallest absolute Gasteiger partial charge is 0.356 e. The number of β-amino-alcohol motifs (C(OH)–C–C–N with tert-alkyl or cyclic N) is 1. The lowest BCUT2D eigenvalue weighted by atomic mass is 9.49. The lowest BCUT2D eigenvalue weighted by Crippen LogP contribution is -2.74. The van der Waals surface area contributed by atoms with Crippen LogP contribution in [0.15, 0.2) is 72.2 Å². The van der Waals surface area contributed by atoms with Crippen LogP contribution in [0.4, 0.5) is 0 Å². The molecule has 2 heterocycles. The summed E-state index contributed by atoms with van der Waals surface area (Å²) in [5.41, 5.74) is 3.53. The van der Waals surface area contributed by atoms with Gasteiger partial charge in [0.25, 0.3) is 5.91 Å². The fourth-order valence-corrected chi connectivity index (χ4v) is 10.7. The Hall–Kier alpha value is -5.86. The predicted molar refractivity (Wildman–Crippen MR) is 263 cm³/mol. The molecule has 1 aromatic heterocycles. The molecule has 17 heteroatoms. The molecule has 2 fully saturated rings. The van der Waals surface area contributed by atoms with Crippen LogP contribution in [-0.2, 0) is 32.1 Å². The number of benzene rings is 3. The first-order valence-corrected chi connectivity index (χ1v) is 24.5. The maximum Gasteiger partial charge on any atom is 0.356 e. The number of hydrogen-bond donors (Lipinski definition) is 5. The van der Waals surface area contributed by atoms with Crippen molar-refractivity contribution in [3.05, 3.63) is 105 Å². The Morgan fingerprint density at radius 1 is 0.957 bits per heavy atom. The van der Waals surface area contributed by atoms with E-state index in [9.17, 15) is 39.4 Å². The van der Waals surface area contributed by atoms with Crippen molar-refractivity contribution in [3.8, 4) is 22.3 Å². The van der Waals surface area contributed by atoms with Gasteiger partial charge in [0.05, 0.1) is 27.1 Å². The van der Waals surface area contributed by atoms with Crippen LogP contribution in [-0.4, -0.2) is 99.8 Å². The van der Waals surface area contributed by atoms with Crippen LogP contribution in [0.2, 0.25) is 5.02 Å². The third-order valence-electron chi connectivity index (χ3n) is 13.1. The number of aliphatic hydroxyl groups excluding tert-OH is 1. The molecule has 15 nitrogen and oxygen atoms in total. The third kappa shape index (κ3) is 12.7. The predicted octanol–water partition coefficient (Wildman–Crippen LogP) is 7.57. The second-order valence-corrected chi connectivity index (χ2v) is 21.5. The van der Waals surface area contributed by atoms with Gasteiger partial charge in [-0.25, -0.2) is 9.78 Å². The zero-order chi connectivity index (χ0) is 50.3. The summed E-state index contributed by atoms with van der Waals surface area (Å²) in [6.45, 7) is 14.0. The number of nitrogens with one attached hydrogen (secondary N) is 3. The molecule has 4 amide bonds. The number of carboxylic acids is 1. The molecule has 1 saturated heterocycles. The summed E-state index contributed by atoms with van der Waals surface area (Å²) in [5, 5.41) is 38.4. The molecule has 6 rings (SSSR count). The van der Waals surface area contributed by atoms with E-state index in [1.165, 1.54) is 21.7 Å². The van der Waals surface area contributed by atoms with Gasteiger partial charge in [-0.2, -0.15) is 5.26 Å². The monoisotopic (exact) mass is 982 g/mol. The van der Waals surface area contributed by atoms with Gasteiger partial charge < -0.3 is 40.5 Å². The summed E-state index contributed by atoms with van der Waals surface area (Å²) in [6, 6.07) is 19.8. The number of aromatic carboxylic acids is 1. The zero-order valence-electron chi connectivity index (χ0n) is 40.3. The fraction of sp³-hybridized carbons (Fsp3) is 0.481. The summed E-state index contributed by atoms with van der Waals surface area (Å²) in [4.78, 5) is 71.2. The van der Waals surface area contributed by atoms with Crippen molar-refractivity contribution in [1.82, 2.24) is 25.8 Å². The van der Waals surface area contributed by atoms with Gasteiger partial charge in [0.15, 0.2) is 5.69 Å². The zero-order valence-corrected chi connectivity index (χ0v) is 41.8. The number of hydrogen-bond acceptors (Lipinski definition) is 11. The van der Waals surface area contributed by atoms with Crippen LogP contribution < -0.4 is 20.7 Å². The number of aryl methyl sites for hydroxylation is 1. The van der Waals surface area contributed by atoms with E-state index < -0.39 is 47.3 Å². The van der Waals surface area contributed by atoms with Gasteiger partial charge >= 0.3 is 5.97 Å². The van der Waals surface area contributed by atoms with Crippen molar-refractivity contribution < 1.29 is 43.7 Å². The number of unbranched alkanes of at least 4 members (excludes halogenated alkanes) is 3. The lowest BCUT2D eigenvalue weighted by molar-refractivity contribution is -0.164. The van der Waals surface area contributed by atoms with Crippen molar-refractivity contribution >= 4 is 52.5 Å². The van der Waals surface area contributed by atoms with Crippen LogP contribution in [0, 0.1) is 27.6 Å². The topological polar surface area (TPSA) is 220 Å². The number of amides is 4. The van der Waals surface area contributed by atoms with Gasteiger partial charge in [-0.05, 0) is 65.6 Å². The molecule has 0 unspecified atom stereocenters. The molecule has 3 atom stereocenters. The Bertz CT molecular complexity index is 2520. The maximum atomic E-state index is 14.0. The molecule has 1 aliphatic carbocycles.